The number of aromatic nitrogens is 4. The quantitative estimate of drug-likeness (QED) is 0.578. The average molecular weight is 286 g/mol. The number of benzene rings is 1. The van der Waals surface area contributed by atoms with Gasteiger partial charge in [-0.3, -0.25) is 9.97 Å². The zero-order valence-electron chi connectivity index (χ0n) is 11.9. The van der Waals surface area contributed by atoms with Crippen molar-refractivity contribution in [3.05, 3.63) is 79.0 Å². The second-order valence-electron chi connectivity index (χ2n) is 5.15. The highest BCUT2D eigenvalue weighted by Crippen LogP contribution is 2.22. The molecule has 4 rings (SSSR count). The zero-order valence-corrected chi connectivity index (χ0v) is 11.9. The minimum Gasteiger partial charge on any atom is -0.327 e. The summed E-state index contributed by atoms with van der Waals surface area (Å²) in [7, 11) is 0. The highest BCUT2D eigenvalue weighted by Gasteiger charge is 2.07. The lowest BCUT2D eigenvalue weighted by atomic mass is 10.1. The molecule has 3 aromatic heterocycles. The van der Waals surface area contributed by atoms with E-state index in [1.54, 1.807) is 6.20 Å². The molecule has 3 heterocycles. The zero-order chi connectivity index (χ0) is 14.8. The Hall–Kier alpha value is -3.01. The van der Waals surface area contributed by atoms with Gasteiger partial charge in [0.1, 0.15) is 5.82 Å². The van der Waals surface area contributed by atoms with Crippen LogP contribution in [0.2, 0.25) is 0 Å². The molecule has 0 fully saturated rings. The van der Waals surface area contributed by atoms with E-state index in [0.717, 1.165) is 34.4 Å². The van der Waals surface area contributed by atoms with E-state index in [9.17, 15) is 0 Å². The summed E-state index contributed by atoms with van der Waals surface area (Å²) in [5.41, 5.74) is 3.25. The van der Waals surface area contributed by atoms with Crippen LogP contribution in [0, 0.1) is 0 Å². The lowest BCUT2D eigenvalue weighted by molar-refractivity contribution is 0.803. The van der Waals surface area contributed by atoms with Crippen molar-refractivity contribution in [2.24, 2.45) is 0 Å². The molecule has 22 heavy (non-hydrogen) atoms. The lowest BCUT2D eigenvalue weighted by Gasteiger charge is -2.08. The summed E-state index contributed by atoms with van der Waals surface area (Å²) in [6.07, 6.45) is 9.31. The average Bonchev–Trinajstić information content (AvgIpc) is 3.03. The summed E-state index contributed by atoms with van der Waals surface area (Å²) in [4.78, 5) is 13.0. The topological polar surface area (TPSA) is 43.6 Å². The molecule has 106 valence electrons. The van der Waals surface area contributed by atoms with Crippen LogP contribution in [0.1, 0.15) is 5.56 Å². The lowest BCUT2D eigenvalue weighted by Crippen LogP contribution is -2.01. The summed E-state index contributed by atoms with van der Waals surface area (Å²) in [6.45, 7) is 0.758. The molecule has 0 aliphatic heterocycles. The molecule has 0 aliphatic carbocycles. The fraction of sp³-hybridized carbons (Fsp3) is 0.0556. The Labute approximate surface area is 128 Å². The third-order valence-corrected chi connectivity index (χ3v) is 3.65. The van der Waals surface area contributed by atoms with Gasteiger partial charge >= 0.3 is 0 Å². The summed E-state index contributed by atoms with van der Waals surface area (Å²) in [5.74, 6) is 0.953. The molecule has 4 aromatic rings. The van der Waals surface area contributed by atoms with Crippen molar-refractivity contribution in [3.63, 3.8) is 0 Å². The van der Waals surface area contributed by atoms with E-state index in [1.807, 2.05) is 43.0 Å². The van der Waals surface area contributed by atoms with E-state index in [2.05, 4.69) is 43.8 Å². The predicted molar refractivity (Wildman–Crippen MR) is 86.3 cm³/mol. The Morgan fingerprint density at radius 1 is 0.909 bits per heavy atom. The summed E-state index contributed by atoms with van der Waals surface area (Å²) >= 11 is 0. The molecule has 0 aliphatic rings. The Bertz CT molecular complexity index is 912. The van der Waals surface area contributed by atoms with Gasteiger partial charge in [0.25, 0.3) is 0 Å². The minimum atomic E-state index is 0.758. The van der Waals surface area contributed by atoms with Gasteiger partial charge in [-0.2, -0.15) is 0 Å². The van der Waals surface area contributed by atoms with Crippen molar-refractivity contribution < 1.29 is 0 Å². The van der Waals surface area contributed by atoms with Gasteiger partial charge in [-0.15, -0.1) is 0 Å². The van der Waals surface area contributed by atoms with Crippen molar-refractivity contribution >= 4 is 10.9 Å². The highest BCUT2D eigenvalue weighted by molar-refractivity contribution is 5.83. The number of imidazole rings is 1. The molecule has 4 heteroatoms. The van der Waals surface area contributed by atoms with E-state index in [1.165, 1.54) is 0 Å². The molecule has 0 saturated carbocycles. The third-order valence-electron chi connectivity index (χ3n) is 3.65. The van der Waals surface area contributed by atoms with E-state index >= 15 is 0 Å². The van der Waals surface area contributed by atoms with Crippen LogP contribution in [-0.4, -0.2) is 19.5 Å². The van der Waals surface area contributed by atoms with Gasteiger partial charge in [0.15, 0.2) is 0 Å². The first-order valence-corrected chi connectivity index (χ1v) is 7.15. The number of pyridine rings is 2. The van der Waals surface area contributed by atoms with Crippen molar-refractivity contribution in [1.29, 1.82) is 0 Å². The van der Waals surface area contributed by atoms with Crippen LogP contribution in [0.4, 0.5) is 0 Å². The summed E-state index contributed by atoms with van der Waals surface area (Å²) in [5, 5.41) is 1.12. The van der Waals surface area contributed by atoms with Crippen LogP contribution in [0.3, 0.4) is 0 Å². The smallest absolute Gasteiger partial charge is 0.140 e. The van der Waals surface area contributed by atoms with Crippen molar-refractivity contribution in [2.45, 2.75) is 6.54 Å². The first-order valence-electron chi connectivity index (χ1n) is 7.15. The molecule has 0 spiro atoms. The molecule has 0 saturated heterocycles. The minimum absolute atomic E-state index is 0.758. The van der Waals surface area contributed by atoms with E-state index in [0.29, 0.717) is 0 Å². The third kappa shape index (κ3) is 2.35. The van der Waals surface area contributed by atoms with Gasteiger partial charge in [-0.1, -0.05) is 12.1 Å². The molecule has 0 N–H and O–H groups in total. The van der Waals surface area contributed by atoms with E-state index in [4.69, 9.17) is 0 Å². The largest absolute Gasteiger partial charge is 0.327 e. The molecular weight excluding hydrogens is 272 g/mol. The molecule has 1 aromatic carbocycles. The number of hydrogen-bond acceptors (Lipinski definition) is 3. The van der Waals surface area contributed by atoms with Gasteiger partial charge < -0.3 is 4.57 Å². The van der Waals surface area contributed by atoms with Crippen LogP contribution >= 0.6 is 0 Å². The van der Waals surface area contributed by atoms with Gasteiger partial charge in [0, 0.05) is 41.9 Å². The second kappa shape index (κ2) is 5.41. The summed E-state index contributed by atoms with van der Waals surface area (Å²) in [6, 6.07) is 14.3. The van der Waals surface area contributed by atoms with E-state index in [-0.39, 0.29) is 0 Å². The van der Waals surface area contributed by atoms with Crippen molar-refractivity contribution in [1.82, 2.24) is 19.5 Å². The Balaban J connectivity index is 1.74. The molecule has 4 nitrogen and oxygen atoms in total. The molecule has 0 atom stereocenters. The second-order valence-corrected chi connectivity index (χ2v) is 5.15. The molecular formula is C18H14N4. The fourth-order valence-electron chi connectivity index (χ4n) is 2.60. The van der Waals surface area contributed by atoms with Crippen LogP contribution in [0.15, 0.2) is 73.4 Å². The van der Waals surface area contributed by atoms with Gasteiger partial charge in [0.2, 0.25) is 0 Å². The predicted octanol–water partition coefficient (Wildman–Crippen LogP) is 3.54. The first kappa shape index (κ1) is 12.7. The summed E-state index contributed by atoms with van der Waals surface area (Å²) < 4.78 is 2.13. The Morgan fingerprint density at radius 2 is 1.86 bits per heavy atom. The van der Waals surface area contributed by atoms with Gasteiger partial charge in [-0.25, -0.2) is 4.98 Å². The maximum Gasteiger partial charge on any atom is 0.140 e. The molecule has 0 unspecified atom stereocenters. The van der Waals surface area contributed by atoms with Gasteiger partial charge in [-0.05, 0) is 35.9 Å². The van der Waals surface area contributed by atoms with Crippen LogP contribution in [0.5, 0.6) is 0 Å². The Kier molecular flexibility index (Phi) is 3.12. The maximum absolute atomic E-state index is 4.51. The molecule has 0 amide bonds. The Morgan fingerprint density at radius 3 is 2.77 bits per heavy atom. The number of nitrogens with zero attached hydrogens (tertiary/aromatic N) is 4. The number of fused-ring (bicyclic) bond motifs is 1. The van der Waals surface area contributed by atoms with Crippen LogP contribution in [-0.2, 0) is 6.54 Å². The van der Waals surface area contributed by atoms with E-state index < -0.39 is 0 Å². The standard InChI is InChI=1S/C18H14N4/c1-3-14(12-19-7-1)13-22-10-9-21-18(22)16-5-6-17-15(11-16)4-2-8-20-17/h1-12H,13H2. The van der Waals surface area contributed by atoms with Crippen molar-refractivity contribution in [3.8, 4) is 11.4 Å². The fourth-order valence-corrected chi connectivity index (χ4v) is 2.60. The normalized spacial score (nSPS) is 10.9. The molecule has 0 bridgehead atoms. The molecule has 0 radical (unpaired) electrons. The monoisotopic (exact) mass is 286 g/mol. The number of rotatable bonds is 3. The van der Waals surface area contributed by atoms with Crippen LogP contribution < -0.4 is 0 Å². The first-order chi connectivity index (χ1) is 10.9. The highest BCUT2D eigenvalue weighted by atomic mass is 15.1. The van der Waals surface area contributed by atoms with Crippen molar-refractivity contribution in [2.75, 3.05) is 0 Å². The SMILES string of the molecule is c1cncc(Cn2ccnc2-c2ccc3ncccc3c2)c1. The number of hydrogen-bond donors (Lipinski definition) is 0. The van der Waals surface area contributed by atoms with Crippen LogP contribution in [0.25, 0.3) is 22.3 Å². The van der Waals surface area contributed by atoms with Gasteiger partial charge in [0.05, 0.1) is 12.1 Å². The maximum atomic E-state index is 4.51.